The molecule has 5 unspecified atom stereocenters. The van der Waals surface area contributed by atoms with Gasteiger partial charge in [-0.3, -0.25) is 0 Å². The van der Waals surface area contributed by atoms with Crippen LogP contribution in [0, 0.1) is 23.7 Å². The summed E-state index contributed by atoms with van der Waals surface area (Å²) < 4.78 is 0. The van der Waals surface area contributed by atoms with Crippen molar-refractivity contribution in [3.05, 3.63) is 0 Å². The molecule has 0 N–H and O–H groups in total. The normalized spacial score (nSPS) is 43.4. The van der Waals surface area contributed by atoms with E-state index in [2.05, 4.69) is 16.2 Å². The highest BCUT2D eigenvalue weighted by Gasteiger charge is 2.42. The van der Waals surface area contributed by atoms with E-state index in [-0.39, 0.29) is 0 Å². The first-order valence-electron chi connectivity index (χ1n) is 6.62. The molecule has 2 saturated carbocycles. The first kappa shape index (κ1) is 12.2. The molecule has 0 spiro atoms. The number of hydrogen-bond acceptors (Lipinski definition) is 1. The lowest BCUT2D eigenvalue weighted by Crippen LogP contribution is -2.26. The lowest BCUT2D eigenvalue weighted by atomic mass is 9.75. The average molecular weight is 244 g/mol. The molecule has 0 heterocycles. The molecular formula is C13H25PS. The van der Waals surface area contributed by atoms with E-state index in [0.717, 1.165) is 23.7 Å². The van der Waals surface area contributed by atoms with Crippen molar-refractivity contribution in [3.8, 4) is 0 Å². The molecule has 0 bridgehead atoms. The Morgan fingerprint density at radius 2 is 1.87 bits per heavy atom. The van der Waals surface area contributed by atoms with Crippen LogP contribution in [0.2, 0.25) is 0 Å². The van der Waals surface area contributed by atoms with Gasteiger partial charge in [0.15, 0.2) is 0 Å². The van der Waals surface area contributed by atoms with Crippen LogP contribution in [0.1, 0.15) is 45.4 Å². The van der Waals surface area contributed by atoms with E-state index in [1.54, 1.807) is 0 Å². The molecule has 0 amide bonds. The summed E-state index contributed by atoms with van der Waals surface area (Å²) in [5.41, 5.74) is 0. The Morgan fingerprint density at radius 3 is 2.40 bits per heavy atom. The quantitative estimate of drug-likeness (QED) is 0.550. The molecular weight excluding hydrogens is 219 g/mol. The van der Waals surface area contributed by atoms with Gasteiger partial charge in [-0.2, -0.15) is 12.6 Å². The summed E-state index contributed by atoms with van der Waals surface area (Å²) in [7, 11) is 2.93. The molecule has 88 valence electrons. The highest BCUT2D eigenvalue weighted by Crippen LogP contribution is 2.48. The van der Waals surface area contributed by atoms with Gasteiger partial charge in [0.05, 0.1) is 0 Å². The molecule has 5 atom stereocenters. The SMILES string of the molecule is CC1C(CP)CC(S)C1C1CCCCC1. The van der Waals surface area contributed by atoms with Crippen LogP contribution in [0.3, 0.4) is 0 Å². The van der Waals surface area contributed by atoms with Crippen molar-refractivity contribution in [2.24, 2.45) is 23.7 Å². The molecule has 0 aromatic rings. The van der Waals surface area contributed by atoms with E-state index < -0.39 is 0 Å². The van der Waals surface area contributed by atoms with Gasteiger partial charge in [0.1, 0.15) is 0 Å². The van der Waals surface area contributed by atoms with Gasteiger partial charge < -0.3 is 0 Å². The molecule has 2 fully saturated rings. The van der Waals surface area contributed by atoms with Gasteiger partial charge in [-0.15, -0.1) is 9.24 Å². The third kappa shape index (κ3) is 2.55. The third-order valence-corrected chi connectivity index (χ3v) is 6.00. The number of rotatable bonds is 2. The Hall–Kier alpha value is 0.780. The fourth-order valence-corrected chi connectivity index (χ4v) is 5.33. The number of hydrogen-bond donors (Lipinski definition) is 1. The Kier molecular flexibility index (Phi) is 4.41. The second kappa shape index (κ2) is 5.41. The highest BCUT2D eigenvalue weighted by molar-refractivity contribution is 7.81. The Bertz CT molecular complexity index is 201. The molecule has 2 heteroatoms. The van der Waals surface area contributed by atoms with Crippen LogP contribution in [0.5, 0.6) is 0 Å². The maximum absolute atomic E-state index is 4.86. The van der Waals surface area contributed by atoms with Gasteiger partial charge in [0.25, 0.3) is 0 Å². The van der Waals surface area contributed by atoms with Gasteiger partial charge >= 0.3 is 0 Å². The molecule has 0 saturated heterocycles. The molecule has 0 aromatic carbocycles. The van der Waals surface area contributed by atoms with Crippen molar-refractivity contribution in [2.45, 2.75) is 50.7 Å². The van der Waals surface area contributed by atoms with Crippen LogP contribution in [0.4, 0.5) is 0 Å². The molecule has 15 heavy (non-hydrogen) atoms. The van der Waals surface area contributed by atoms with E-state index >= 15 is 0 Å². The van der Waals surface area contributed by atoms with Gasteiger partial charge in [0.2, 0.25) is 0 Å². The average Bonchev–Trinajstić information content (AvgIpc) is 2.55. The monoisotopic (exact) mass is 244 g/mol. The van der Waals surface area contributed by atoms with E-state index in [1.165, 1.54) is 44.7 Å². The van der Waals surface area contributed by atoms with Crippen LogP contribution in [-0.4, -0.2) is 11.4 Å². The minimum Gasteiger partial charge on any atom is -0.176 e. The Morgan fingerprint density at radius 1 is 1.20 bits per heavy atom. The molecule has 2 aliphatic rings. The summed E-state index contributed by atoms with van der Waals surface area (Å²) in [5, 5.41) is 0.689. The van der Waals surface area contributed by atoms with Gasteiger partial charge in [-0.05, 0) is 36.3 Å². The largest absolute Gasteiger partial charge is 0.176 e. The predicted molar refractivity (Wildman–Crippen MR) is 74.7 cm³/mol. The molecule has 0 nitrogen and oxygen atoms in total. The van der Waals surface area contributed by atoms with Crippen molar-refractivity contribution >= 4 is 21.9 Å². The van der Waals surface area contributed by atoms with Crippen molar-refractivity contribution in [3.63, 3.8) is 0 Å². The summed E-state index contributed by atoms with van der Waals surface area (Å²) >= 11 is 4.86. The summed E-state index contributed by atoms with van der Waals surface area (Å²) in [6, 6.07) is 0. The zero-order valence-electron chi connectivity index (χ0n) is 9.86. The maximum Gasteiger partial charge on any atom is 0.00532 e. The predicted octanol–water partition coefficient (Wildman–Crippen LogP) is 4.01. The third-order valence-electron chi connectivity index (χ3n) is 4.84. The smallest absolute Gasteiger partial charge is 0.00532 e. The van der Waals surface area contributed by atoms with Crippen LogP contribution in [0.25, 0.3) is 0 Å². The van der Waals surface area contributed by atoms with E-state index in [1.807, 2.05) is 0 Å². The zero-order valence-corrected chi connectivity index (χ0v) is 11.9. The summed E-state index contributed by atoms with van der Waals surface area (Å²) in [6.07, 6.45) is 10.0. The first-order chi connectivity index (χ1) is 7.24. The Labute approximate surface area is 103 Å². The van der Waals surface area contributed by atoms with E-state index in [4.69, 9.17) is 12.6 Å². The van der Waals surface area contributed by atoms with Crippen LogP contribution >= 0.6 is 21.9 Å². The van der Waals surface area contributed by atoms with E-state index in [9.17, 15) is 0 Å². The standard InChI is InChI=1S/C13H25PS/c1-9-11(8-14)7-12(15)13(9)10-5-3-2-4-6-10/h9-13,15H,2-8,14H2,1H3. The van der Waals surface area contributed by atoms with Crippen LogP contribution in [0.15, 0.2) is 0 Å². The van der Waals surface area contributed by atoms with Crippen molar-refractivity contribution in [1.82, 2.24) is 0 Å². The fourth-order valence-electron chi connectivity index (χ4n) is 3.92. The van der Waals surface area contributed by atoms with Gasteiger partial charge in [0, 0.05) is 5.25 Å². The Balaban J connectivity index is 2.00. The fraction of sp³-hybridized carbons (Fsp3) is 1.00. The maximum atomic E-state index is 4.86. The number of thiol groups is 1. The summed E-state index contributed by atoms with van der Waals surface area (Å²) in [6.45, 7) is 2.48. The van der Waals surface area contributed by atoms with E-state index in [0.29, 0.717) is 5.25 Å². The van der Waals surface area contributed by atoms with Crippen molar-refractivity contribution in [1.29, 1.82) is 0 Å². The van der Waals surface area contributed by atoms with Crippen LogP contribution in [-0.2, 0) is 0 Å². The summed E-state index contributed by atoms with van der Waals surface area (Å²) in [5.74, 6) is 3.74. The van der Waals surface area contributed by atoms with Gasteiger partial charge in [-0.25, -0.2) is 0 Å². The minimum absolute atomic E-state index is 0.689. The first-order valence-corrected chi connectivity index (χ1v) is 7.95. The second-order valence-corrected chi connectivity index (χ2v) is 6.77. The zero-order chi connectivity index (χ0) is 10.8. The lowest BCUT2D eigenvalue weighted by Gasteiger charge is -2.33. The molecule has 2 rings (SSSR count). The highest BCUT2D eigenvalue weighted by atomic mass is 32.1. The van der Waals surface area contributed by atoms with Crippen molar-refractivity contribution < 1.29 is 0 Å². The summed E-state index contributed by atoms with van der Waals surface area (Å²) in [4.78, 5) is 0. The molecule has 2 aliphatic carbocycles. The molecule has 0 radical (unpaired) electrons. The van der Waals surface area contributed by atoms with Crippen molar-refractivity contribution in [2.75, 3.05) is 6.16 Å². The minimum atomic E-state index is 0.689. The lowest BCUT2D eigenvalue weighted by molar-refractivity contribution is 0.202. The van der Waals surface area contributed by atoms with Crippen LogP contribution < -0.4 is 0 Å². The topological polar surface area (TPSA) is 0 Å². The molecule has 0 aliphatic heterocycles. The molecule has 0 aromatic heterocycles. The second-order valence-electron chi connectivity index (χ2n) is 5.63. The van der Waals surface area contributed by atoms with Gasteiger partial charge in [-0.1, -0.05) is 39.0 Å².